The molecule has 1 N–H and O–H groups in total. The number of rotatable bonds is 4. The van der Waals surface area contributed by atoms with Gasteiger partial charge in [0, 0.05) is 44.7 Å². The van der Waals surface area contributed by atoms with Gasteiger partial charge < -0.3 is 19.9 Å². The smallest absolute Gasteiger partial charge is 0.407 e. The predicted octanol–water partition coefficient (Wildman–Crippen LogP) is 3.58. The van der Waals surface area contributed by atoms with Crippen LogP contribution < -0.4 is 5.32 Å². The van der Waals surface area contributed by atoms with Gasteiger partial charge in [-0.1, -0.05) is 23.2 Å². The van der Waals surface area contributed by atoms with Crippen molar-refractivity contribution in [3.63, 3.8) is 0 Å². The van der Waals surface area contributed by atoms with Gasteiger partial charge in [-0.25, -0.2) is 4.79 Å². The maximum Gasteiger partial charge on any atom is 0.407 e. The normalized spacial score (nSPS) is 14.9. The van der Waals surface area contributed by atoms with Crippen molar-refractivity contribution in [1.29, 1.82) is 0 Å². The highest BCUT2D eigenvalue weighted by molar-refractivity contribution is 6.42. The summed E-state index contributed by atoms with van der Waals surface area (Å²) in [5.74, 6) is -0.200. The Kier molecular flexibility index (Phi) is 8.16. The highest BCUT2D eigenvalue weighted by Gasteiger charge is 2.23. The minimum absolute atomic E-state index is 0.0649. The Balaban J connectivity index is 1.82. The van der Waals surface area contributed by atoms with Crippen LogP contribution in [-0.4, -0.2) is 66.0 Å². The van der Waals surface area contributed by atoms with E-state index >= 15 is 0 Å². The van der Waals surface area contributed by atoms with Crippen molar-refractivity contribution in [2.75, 3.05) is 32.7 Å². The van der Waals surface area contributed by atoms with Crippen molar-refractivity contribution in [3.05, 3.63) is 33.8 Å². The molecule has 2 rings (SSSR count). The first-order valence-corrected chi connectivity index (χ1v) is 10.3. The third-order valence-corrected chi connectivity index (χ3v) is 5.05. The Bertz CT molecular complexity index is 765. The molecule has 1 aliphatic rings. The van der Waals surface area contributed by atoms with E-state index in [9.17, 15) is 14.4 Å². The van der Waals surface area contributed by atoms with Gasteiger partial charge in [0.1, 0.15) is 5.60 Å². The van der Waals surface area contributed by atoms with E-state index in [1.54, 1.807) is 48.8 Å². The second-order valence-corrected chi connectivity index (χ2v) is 8.65. The standard InChI is InChI=1S/C20H27Cl2N3O4/c1-20(2,3)29-19(28)23-8-7-17(26)24-9-4-10-25(12-11-24)18(27)14-5-6-15(21)16(22)13-14/h5-6,13H,4,7-12H2,1-3H3,(H,23,28). The van der Waals surface area contributed by atoms with E-state index in [1.165, 1.54) is 0 Å². The van der Waals surface area contributed by atoms with E-state index in [0.717, 1.165) is 0 Å². The summed E-state index contributed by atoms with van der Waals surface area (Å²) < 4.78 is 5.15. The molecule has 0 radical (unpaired) electrons. The lowest BCUT2D eigenvalue weighted by molar-refractivity contribution is -0.130. The van der Waals surface area contributed by atoms with Crippen molar-refractivity contribution < 1.29 is 19.1 Å². The van der Waals surface area contributed by atoms with Gasteiger partial charge in [0.2, 0.25) is 5.91 Å². The van der Waals surface area contributed by atoms with Crippen LogP contribution in [0.2, 0.25) is 10.0 Å². The fourth-order valence-electron chi connectivity index (χ4n) is 2.93. The van der Waals surface area contributed by atoms with Gasteiger partial charge in [-0.2, -0.15) is 0 Å². The molecule has 0 aromatic heterocycles. The summed E-state index contributed by atoms with van der Waals surface area (Å²) in [5.41, 5.74) is -0.107. The van der Waals surface area contributed by atoms with E-state index in [2.05, 4.69) is 5.32 Å². The highest BCUT2D eigenvalue weighted by Crippen LogP contribution is 2.23. The van der Waals surface area contributed by atoms with Crippen LogP contribution in [0.3, 0.4) is 0 Å². The molecule has 9 heteroatoms. The van der Waals surface area contributed by atoms with E-state index < -0.39 is 11.7 Å². The third-order valence-electron chi connectivity index (χ3n) is 4.31. The van der Waals surface area contributed by atoms with E-state index in [1.807, 2.05) is 0 Å². The first kappa shape index (κ1) is 23.3. The SMILES string of the molecule is CC(C)(C)OC(=O)NCCC(=O)N1CCCN(C(=O)c2ccc(Cl)c(Cl)c2)CC1. The minimum atomic E-state index is -0.580. The number of carbonyl (C=O) groups excluding carboxylic acids is 3. The predicted molar refractivity (Wildman–Crippen MR) is 112 cm³/mol. The molecule has 1 aliphatic heterocycles. The minimum Gasteiger partial charge on any atom is -0.444 e. The molecule has 0 saturated carbocycles. The molecule has 1 aromatic carbocycles. The molecule has 0 unspecified atom stereocenters. The maximum atomic E-state index is 12.7. The van der Waals surface area contributed by atoms with E-state index in [0.29, 0.717) is 48.2 Å². The first-order chi connectivity index (χ1) is 13.6. The zero-order chi connectivity index (χ0) is 21.6. The summed E-state index contributed by atoms with van der Waals surface area (Å²) in [6.07, 6.45) is 0.317. The maximum absolute atomic E-state index is 12.7. The van der Waals surface area contributed by atoms with Crippen molar-refractivity contribution >= 4 is 41.1 Å². The summed E-state index contributed by atoms with van der Waals surface area (Å²) in [5, 5.41) is 3.32. The van der Waals surface area contributed by atoms with Crippen LogP contribution in [0.4, 0.5) is 4.79 Å². The number of ether oxygens (including phenoxy) is 1. The molecule has 0 spiro atoms. The Hall–Kier alpha value is -1.99. The molecule has 1 aromatic rings. The first-order valence-electron chi connectivity index (χ1n) is 9.56. The average Bonchev–Trinajstić information content (AvgIpc) is 2.88. The molecule has 0 atom stereocenters. The van der Waals surface area contributed by atoms with Crippen LogP contribution in [0.5, 0.6) is 0 Å². The van der Waals surface area contributed by atoms with Crippen molar-refractivity contribution in [2.24, 2.45) is 0 Å². The molecule has 160 valence electrons. The molecule has 7 nitrogen and oxygen atoms in total. The van der Waals surface area contributed by atoms with Gasteiger partial charge in [-0.05, 0) is 45.4 Å². The molecule has 0 bridgehead atoms. The summed E-state index contributed by atoms with van der Waals surface area (Å²) in [7, 11) is 0. The van der Waals surface area contributed by atoms with E-state index in [-0.39, 0.29) is 24.8 Å². The molecular weight excluding hydrogens is 417 g/mol. The van der Waals surface area contributed by atoms with Gasteiger partial charge in [0.05, 0.1) is 10.0 Å². The highest BCUT2D eigenvalue weighted by atomic mass is 35.5. The van der Waals surface area contributed by atoms with Crippen LogP contribution in [-0.2, 0) is 9.53 Å². The average molecular weight is 444 g/mol. The Morgan fingerprint density at radius 2 is 1.69 bits per heavy atom. The number of alkyl carbamates (subject to hydrolysis) is 1. The van der Waals surface area contributed by atoms with Gasteiger partial charge in [-0.3, -0.25) is 9.59 Å². The molecule has 1 heterocycles. The van der Waals surface area contributed by atoms with Crippen molar-refractivity contribution in [1.82, 2.24) is 15.1 Å². The van der Waals surface area contributed by atoms with Gasteiger partial charge in [0.15, 0.2) is 0 Å². The van der Waals surface area contributed by atoms with Gasteiger partial charge in [0.25, 0.3) is 5.91 Å². The quantitative estimate of drug-likeness (QED) is 0.770. The van der Waals surface area contributed by atoms with Crippen LogP contribution in [0.25, 0.3) is 0 Å². The zero-order valence-electron chi connectivity index (χ0n) is 17.0. The molecule has 1 fully saturated rings. The third kappa shape index (κ3) is 7.40. The number of benzene rings is 1. The second-order valence-electron chi connectivity index (χ2n) is 7.83. The fraction of sp³-hybridized carbons (Fsp3) is 0.550. The Morgan fingerprint density at radius 3 is 2.34 bits per heavy atom. The number of nitrogens with zero attached hydrogens (tertiary/aromatic N) is 2. The van der Waals surface area contributed by atoms with Crippen LogP contribution in [0.1, 0.15) is 44.0 Å². The largest absolute Gasteiger partial charge is 0.444 e. The van der Waals surface area contributed by atoms with Crippen LogP contribution >= 0.6 is 23.2 Å². The monoisotopic (exact) mass is 443 g/mol. The molecular formula is C20H27Cl2N3O4. The van der Waals surface area contributed by atoms with Gasteiger partial charge >= 0.3 is 6.09 Å². The number of hydrogen-bond acceptors (Lipinski definition) is 4. The summed E-state index contributed by atoms with van der Waals surface area (Å²) in [6.45, 7) is 7.54. The van der Waals surface area contributed by atoms with Gasteiger partial charge in [-0.15, -0.1) is 0 Å². The second kappa shape index (κ2) is 10.2. The summed E-state index contributed by atoms with van der Waals surface area (Å²) in [4.78, 5) is 40.2. The molecule has 1 saturated heterocycles. The lowest BCUT2D eigenvalue weighted by atomic mass is 10.2. The summed E-state index contributed by atoms with van der Waals surface area (Å²) >= 11 is 11.9. The number of hydrogen-bond donors (Lipinski definition) is 1. The zero-order valence-corrected chi connectivity index (χ0v) is 18.5. The number of nitrogens with one attached hydrogen (secondary N) is 1. The van der Waals surface area contributed by atoms with Crippen molar-refractivity contribution in [3.8, 4) is 0 Å². The Morgan fingerprint density at radius 1 is 1.03 bits per heavy atom. The molecule has 3 amide bonds. The topological polar surface area (TPSA) is 79.0 Å². The number of carbonyl (C=O) groups is 3. The number of amides is 3. The van der Waals surface area contributed by atoms with Crippen LogP contribution in [0.15, 0.2) is 18.2 Å². The number of halogens is 2. The lowest BCUT2D eigenvalue weighted by Crippen LogP contribution is -2.39. The summed E-state index contributed by atoms with van der Waals surface area (Å²) in [6, 6.07) is 4.80. The van der Waals surface area contributed by atoms with E-state index in [4.69, 9.17) is 27.9 Å². The van der Waals surface area contributed by atoms with Crippen LogP contribution in [0, 0.1) is 0 Å². The lowest BCUT2D eigenvalue weighted by Gasteiger charge is -2.23. The van der Waals surface area contributed by atoms with Crippen molar-refractivity contribution in [2.45, 2.75) is 39.2 Å². The molecule has 0 aliphatic carbocycles. The fourth-order valence-corrected chi connectivity index (χ4v) is 3.22. The Labute approximate surface area is 181 Å². The molecule has 29 heavy (non-hydrogen) atoms.